The minimum Gasteiger partial charge on any atom is -0.379 e. The van der Waals surface area contributed by atoms with Crippen LogP contribution in [-0.2, 0) is 9.47 Å². The summed E-state index contributed by atoms with van der Waals surface area (Å²) >= 11 is 0. The molecule has 1 heterocycles. The van der Waals surface area contributed by atoms with Gasteiger partial charge in [0.05, 0.1) is 19.3 Å². The highest BCUT2D eigenvalue weighted by Gasteiger charge is 2.12. The maximum absolute atomic E-state index is 5.39. The summed E-state index contributed by atoms with van der Waals surface area (Å²) in [6.07, 6.45) is 4.34. The molecule has 10 heavy (non-hydrogen) atoms. The van der Waals surface area contributed by atoms with Crippen LogP contribution in [0.1, 0.15) is 12.8 Å². The van der Waals surface area contributed by atoms with Crippen LogP contribution in [0.25, 0.3) is 0 Å². The summed E-state index contributed by atoms with van der Waals surface area (Å²) < 4.78 is 10.6. The van der Waals surface area contributed by atoms with Crippen molar-refractivity contribution in [2.75, 3.05) is 19.8 Å². The van der Waals surface area contributed by atoms with Gasteiger partial charge < -0.3 is 9.47 Å². The molecule has 0 N–H and O–H groups in total. The Hall–Kier alpha value is -0.340. The van der Waals surface area contributed by atoms with Crippen molar-refractivity contribution in [2.24, 2.45) is 0 Å². The molecule has 0 aliphatic carbocycles. The molecule has 2 nitrogen and oxygen atoms in total. The zero-order chi connectivity index (χ0) is 7.23. The molecule has 0 spiro atoms. The van der Waals surface area contributed by atoms with E-state index < -0.39 is 0 Å². The summed E-state index contributed by atoms with van der Waals surface area (Å²) in [6.45, 7) is 5.88. The molecule has 0 bridgehead atoms. The van der Waals surface area contributed by atoms with Gasteiger partial charge in [0.2, 0.25) is 0 Å². The third-order valence-electron chi connectivity index (χ3n) is 1.57. The second-order valence-corrected chi connectivity index (χ2v) is 2.46. The highest BCUT2D eigenvalue weighted by Crippen LogP contribution is 2.08. The Bertz CT molecular complexity index is 95.4. The second-order valence-electron chi connectivity index (χ2n) is 2.46. The molecule has 1 fully saturated rings. The van der Waals surface area contributed by atoms with E-state index in [9.17, 15) is 0 Å². The van der Waals surface area contributed by atoms with Gasteiger partial charge in [-0.3, -0.25) is 0 Å². The second kappa shape index (κ2) is 4.47. The van der Waals surface area contributed by atoms with Crippen molar-refractivity contribution in [1.29, 1.82) is 0 Å². The van der Waals surface area contributed by atoms with Crippen LogP contribution in [0.3, 0.4) is 0 Å². The monoisotopic (exact) mass is 142 g/mol. The van der Waals surface area contributed by atoms with Gasteiger partial charge >= 0.3 is 0 Å². The van der Waals surface area contributed by atoms with E-state index in [2.05, 4.69) is 6.58 Å². The predicted molar refractivity (Wildman–Crippen MR) is 40.0 cm³/mol. The normalized spacial score (nSPS) is 26.2. The van der Waals surface area contributed by atoms with E-state index >= 15 is 0 Å². The molecule has 0 aromatic heterocycles. The largest absolute Gasteiger partial charge is 0.379 e. The highest BCUT2D eigenvalue weighted by molar-refractivity contribution is 4.68. The molecule has 1 atom stereocenters. The number of hydrogen-bond donors (Lipinski definition) is 0. The van der Waals surface area contributed by atoms with Gasteiger partial charge in [0.25, 0.3) is 0 Å². The summed E-state index contributed by atoms with van der Waals surface area (Å²) in [5.41, 5.74) is 0. The van der Waals surface area contributed by atoms with E-state index in [1.165, 1.54) is 0 Å². The predicted octanol–water partition coefficient (Wildman–Crippen LogP) is 1.37. The van der Waals surface area contributed by atoms with E-state index in [4.69, 9.17) is 9.47 Å². The third kappa shape index (κ3) is 2.50. The molecular weight excluding hydrogens is 128 g/mol. The molecule has 0 saturated carbocycles. The van der Waals surface area contributed by atoms with Crippen molar-refractivity contribution in [1.82, 2.24) is 0 Å². The molecular formula is C8H14O2. The summed E-state index contributed by atoms with van der Waals surface area (Å²) in [4.78, 5) is 0. The van der Waals surface area contributed by atoms with Crippen molar-refractivity contribution in [2.45, 2.75) is 18.9 Å². The maximum atomic E-state index is 5.39. The van der Waals surface area contributed by atoms with Crippen molar-refractivity contribution < 1.29 is 9.47 Å². The van der Waals surface area contributed by atoms with Crippen LogP contribution in [0, 0.1) is 0 Å². The molecule has 0 aromatic carbocycles. The molecule has 1 aliphatic heterocycles. The lowest BCUT2D eigenvalue weighted by Gasteiger charge is -2.21. The molecule has 1 saturated heterocycles. The quantitative estimate of drug-likeness (QED) is 0.554. The first-order valence-corrected chi connectivity index (χ1v) is 3.73. The summed E-state index contributed by atoms with van der Waals surface area (Å²) in [6, 6.07) is 0. The highest BCUT2D eigenvalue weighted by atomic mass is 16.5. The standard InChI is InChI=1S/C8H14O2/c1-2-5-10-8-4-3-6-9-7-8/h2,8H,1,3-7H2. The van der Waals surface area contributed by atoms with Gasteiger partial charge in [-0.15, -0.1) is 6.58 Å². The number of rotatable bonds is 3. The van der Waals surface area contributed by atoms with Crippen molar-refractivity contribution >= 4 is 0 Å². The molecule has 1 rings (SSSR count). The zero-order valence-electron chi connectivity index (χ0n) is 6.21. The Morgan fingerprint density at radius 3 is 3.20 bits per heavy atom. The topological polar surface area (TPSA) is 18.5 Å². The lowest BCUT2D eigenvalue weighted by molar-refractivity contribution is -0.0408. The molecule has 1 unspecified atom stereocenters. The van der Waals surface area contributed by atoms with Crippen molar-refractivity contribution in [3.8, 4) is 0 Å². The molecule has 0 radical (unpaired) electrons. The minimum atomic E-state index is 0.312. The van der Waals surface area contributed by atoms with Crippen LogP contribution >= 0.6 is 0 Å². The molecule has 58 valence electrons. The lowest BCUT2D eigenvalue weighted by atomic mass is 10.2. The Morgan fingerprint density at radius 1 is 1.70 bits per heavy atom. The van der Waals surface area contributed by atoms with Gasteiger partial charge in [0, 0.05) is 6.61 Å². The van der Waals surface area contributed by atoms with E-state index in [0.29, 0.717) is 12.7 Å². The first-order valence-electron chi connectivity index (χ1n) is 3.73. The zero-order valence-corrected chi connectivity index (χ0v) is 6.21. The van der Waals surface area contributed by atoms with Crippen molar-refractivity contribution in [3.05, 3.63) is 12.7 Å². The van der Waals surface area contributed by atoms with Gasteiger partial charge in [0.1, 0.15) is 0 Å². The van der Waals surface area contributed by atoms with Crippen LogP contribution < -0.4 is 0 Å². The average Bonchev–Trinajstić information content (AvgIpc) is 2.03. The van der Waals surface area contributed by atoms with Gasteiger partial charge in [0.15, 0.2) is 0 Å². The van der Waals surface area contributed by atoms with Crippen LogP contribution in [0.5, 0.6) is 0 Å². The smallest absolute Gasteiger partial charge is 0.0813 e. The van der Waals surface area contributed by atoms with Crippen LogP contribution in [-0.4, -0.2) is 25.9 Å². The average molecular weight is 142 g/mol. The molecule has 2 heteroatoms. The van der Waals surface area contributed by atoms with E-state index in [1.807, 2.05) is 0 Å². The SMILES string of the molecule is C=CCOC1CCCOC1. The van der Waals surface area contributed by atoms with E-state index in [-0.39, 0.29) is 0 Å². The lowest BCUT2D eigenvalue weighted by Crippen LogP contribution is -2.25. The van der Waals surface area contributed by atoms with Crippen LogP contribution in [0.2, 0.25) is 0 Å². The fraction of sp³-hybridized carbons (Fsp3) is 0.750. The van der Waals surface area contributed by atoms with Crippen LogP contribution in [0.4, 0.5) is 0 Å². The fourth-order valence-corrected chi connectivity index (χ4v) is 1.05. The third-order valence-corrected chi connectivity index (χ3v) is 1.57. The number of hydrogen-bond acceptors (Lipinski definition) is 2. The van der Waals surface area contributed by atoms with Gasteiger partial charge in [-0.2, -0.15) is 0 Å². The van der Waals surface area contributed by atoms with Gasteiger partial charge in [-0.1, -0.05) is 6.08 Å². The Labute approximate surface area is 61.8 Å². The molecule has 0 aromatic rings. The summed E-state index contributed by atoms with van der Waals surface area (Å²) in [5.74, 6) is 0. The number of ether oxygens (including phenoxy) is 2. The van der Waals surface area contributed by atoms with E-state index in [1.54, 1.807) is 6.08 Å². The molecule has 0 amide bonds. The van der Waals surface area contributed by atoms with Crippen LogP contribution in [0.15, 0.2) is 12.7 Å². The van der Waals surface area contributed by atoms with Gasteiger partial charge in [-0.25, -0.2) is 0 Å². The Balaban J connectivity index is 2.07. The van der Waals surface area contributed by atoms with E-state index in [0.717, 1.165) is 26.1 Å². The summed E-state index contributed by atoms with van der Waals surface area (Å²) in [7, 11) is 0. The Morgan fingerprint density at radius 2 is 2.60 bits per heavy atom. The minimum absolute atomic E-state index is 0.312. The van der Waals surface area contributed by atoms with Crippen molar-refractivity contribution in [3.63, 3.8) is 0 Å². The molecule has 1 aliphatic rings. The Kier molecular flexibility index (Phi) is 3.47. The fourth-order valence-electron chi connectivity index (χ4n) is 1.05. The van der Waals surface area contributed by atoms with Gasteiger partial charge in [-0.05, 0) is 12.8 Å². The maximum Gasteiger partial charge on any atom is 0.0813 e. The first kappa shape index (κ1) is 7.76. The first-order chi connectivity index (χ1) is 4.93. The summed E-state index contributed by atoms with van der Waals surface area (Å²) in [5, 5.41) is 0.